The van der Waals surface area contributed by atoms with E-state index in [9.17, 15) is 9.18 Å². The summed E-state index contributed by atoms with van der Waals surface area (Å²) in [5, 5.41) is 0. The highest BCUT2D eigenvalue weighted by atomic mass is 79.9. The molecule has 1 aromatic rings. The first-order valence-corrected chi connectivity index (χ1v) is 8.35. The van der Waals surface area contributed by atoms with Crippen LogP contribution in [-0.2, 0) is 0 Å². The number of carbonyl (C=O) groups excluding carboxylic acids is 1. The highest BCUT2D eigenvalue weighted by Gasteiger charge is 2.20. The standard InChI is InChI=1S/C17H25BrFNO/c1-12(2)8-10-20(11-9-13(3)4)17(21)14-6-5-7-15(18)16(14)19/h5-7,12-13H,8-11H2,1-4H3. The molecule has 0 saturated carbocycles. The van der Waals surface area contributed by atoms with Crippen molar-refractivity contribution in [2.45, 2.75) is 40.5 Å². The van der Waals surface area contributed by atoms with Crippen LogP contribution in [0.3, 0.4) is 0 Å². The maximum absolute atomic E-state index is 14.1. The van der Waals surface area contributed by atoms with Gasteiger partial charge in [-0.25, -0.2) is 4.39 Å². The Morgan fingerprint density at radius 3 is 2.14 bits per heavy atom. The highest BCUT2D eigenvalue weighted by molar-refractivity contribution is 9.10. The summed E-state index contributed by atoms with van der Waals surface area (Å²) in [6.45, 7) is 9.87. The van der Waals surface area contributed by atoms with E-state index in [1.807, 2.05) is 0 Å². The van der Waals surface area contributed by atoms with Crippen LogP contribution in [0, 0.1) is 17.7 Å². The fourth-order valence-electron chi connectivity index (χ4n) is 1.98. The van der Waals surface area contributed by atoms with Gasteiger partial charge in [-0.15, -0.1) is 0 Å². The zero-order valence-corrected chi connectivity index (χ0v) is 14.9. The van der Waals surface area contributed by atoms with Gasteiger partial charge in [0.25, 0.3) is 5.91 Å². The van der Waals surface area contributed by atoms with Crippen molar-refractivity contribution in [1.29, 1.82) is 0 Å². The molecule has 0 unspecified atom stereocenters. The maximum Gasteiger partial charge on any atom is 0.256 e. The van der Waals surface area contributed by atoms with Crippen molar-refractivity contribution < 1.29 is 9.18 Å². The molecule has 0 fully saturated rings. The first-order chi connectivity index (χ1) is 9.82. The molecular weight excluding hydrogens is 333 g/mol. The quantitative estimate of drug-likeness (QED) is 0.662. The van der Waals surface area contributed by atoms with Gasteiger partial charge in [-0.1, -0.05) is 33.8 Å². The summed E-state index contributed by atoms with van der Waals surface area (Å²) in [5.74, 6) is 0.357. The molecule has 0 radical (unpaired) electrons. The van der Waals surface area contributed by atoms with E-state index in [0.29, 0.717) is 29.4 Å². The summed E-state index contributed by atoms with van der Waals surface area (Å²) in [4.78, 5) is 14.4. The average Bonchev–Trinajstić information content (AvgIpc) is 2.40. The van der Waals surface area contributed by atoms with Gasteiger partial charge >= 0.3 is 0 Å². The lowest BCUT2D eigenvalue weighted by Gasteiger charge is -2.25. The third-order valence-corrected chi connectivity index (χ3v) is 4.03. The van der Waals surface area contributed by atoms with Crippen LogP contribution in [0.4, 0.5) is 4.39 Å². The Bertz CT molecular complexity index is 462. The van der Waals surface area contributed by atoms with E-state index in [-0.39, 0.29) is 11.5 Å². The Hall–Kier alpha value is -0.900. The number of carbonyl (C=O) groups is 1. The van der Waals surface area contributed by atoms with Crippen LogP contribution in [0.2, 0.25) is 0 Å². The normalized spacial score (nSPS) is 11.2. The molecule has 0 saturated heterocycles. The molecule has 0 aliphatic rings. The van der Waals surface area contributed by atoms with Gasteiger partial charge in [-0.05, 0) is 52.7 Å². The molecule has 0 aliphatic heterocycles. The minimum Gasteiger partial charge on any atom is -0.339 e. The van der Waals surface area contributed by atoms with Crippen molar-refractivity contribution in [2.24, 2.45) is 11.8 Å². The number of nitrogens with zero attached hydrogens (tertiary/aromatic N) is 1. The molecule has 0 aromatic heterocycles. The predicted molar refractivity (Wildman–Crippen MR) is 88.9 cm³/mol. The lowest BCUT2D eigenvalue weighted by Crippen LogP contribution is -2.34. The molecule has 0 spiro atoms. The fourth-order valence-corrected chi connectivity index (χ4v) is 2.35. The molecule has 21 heavy (non-hydrogen) atoms. The smallest absolute Gasteiger partial charge is 0.256 e. The van der Waals surface area contributed by atoms with E-state index >= 15 is 0 Å². The zero-order chi connectivity index (χ0) is 16.0. The second kappa shape index (κ2) is 8.52. The minimum absolute atomic E-state index is 0.150. The van der Waals surface area contributed by atoms with E-state index in [1.165, 1.54) is 0 Å². The van der Waals surface area contributed by atoms with Gasteiger partial charge in [0, 0.05) is 13.1 Å². The average molecular weight is 358 g/mol. The van der Waals surface area contributed by atoms with Gasteiger partial charge in [0.2, 0.25) is 0 Å². The fraction of sp³-hybridized carbons (Fsp3) is 0.588. The number of amides is 1. The number of hydrogen-bond donors (Lipinski definition) is 0. The Morgan fingerprint density at radius 1 is 1.14 bits per heavy atom. The second-order valence-corrected chi connectivity index (χ2v) is 7.11. The topological polar surface area (TPSA) is 20.3 Å². The van der Waals surface area contributed by atoms with Crippen molar-refractivity contribution in [3.63, 3.8) is 0 Å². The van der Waals surface area contributed by atoms with Crippen LogP contribution in [0.25, 0.3) is 0 Å². The molecule has 1 amide bonds. The molecule has 0 bridgehead atoms. The van der Waals surface area contributed by atoms with E-state index in [0.717, 1.165) is 12.8 Å². The van der Waals surface area contributed by atoms with Crippen molar-refractivity contribution in [3.8, 4) is 0 Å². The van der Waals surface area contributed by atoms with E-state index in [2.05, 4.69) is 43.6 Å². The minimum atomic E-state index is -0.471. The lowest BCUT2D eigenvalue weighted by atomic mass is 10.1. The Labute approximate surface area is 135 Å². The van der Waals surface area contributed by atoms with E-state index < -0.39 is 5.82 Å². The molecular formula is C17H25BrFNO. The SMILES string of the molecule is CC(C)CCN(CCC(C)C)C(=O)c1cccc(Br)c1F. The van der Waals surface area contributed by atoms with Gasteiger partial charge in [-0.3, -0.25) is 4.79 Å². The second-order valence-electron chi connectivity index (χ2n) is 6.26. The lowest BCUT2D eigenvalue weighted by molar-refractivity contribution is 0.0736. The number of rotatable bonds is 7. The van der Waals surface area contributed by atoms with Gasteiger partial charge in [0.1, 0.15) is 5.82 Å². The Kier molecular flexibility index (Phi) is 7.36. The third kappa shape index (κ3) is 5.77. The monoisotopic (exact) mass is 357 g/mol. The van der Waals surface area contributed by atoms with Gasteiger partial charge in [0.05, 0.1) is 10.0 Å². The highest BCUT2D eigenvalue weighted by Crippen LogP contribution is 2.20. The molecule has 1 rings (SSSR count). The first kappa shape index (κ1) is 18.1. The Balaban J connectivity index is 2.89. The summed E-state index contributed by atoms with van der Waals surface area (Å²) in [6.07, 6.45) is 1.86. The number of benzene rings is 1. The van der Waals surface area contributed by atoms with Crippen molar-refractivity contribution >= 4 is 21.8 Å². The third-order valence-electron chi connectivity index (χ3n) is 3.42. The molecule has 2 nitrogen and oxygen atoms in total. The van der Waals surface area contributed by atoms with Crippen LogP contribution in [0.15, 0.2) is 22.7 Å². The molecule has 0 heterocycles. The summed E-state index contributed by atoms with van der Waals surface area (Å²) < 4.78 is 14.5. The zero-order valence-electron chi connectivity index (χ0n) is 13.3. The first-order valence-electron chi connectivity index (χ1n) is 7.56. The van der Waals surface area contributed by atoms with Gasteiger partial charge in [0.15, 0.2) is 0 Å². The maximum atomic E-state index is 14.1. The molecule has 0 atom stereocenters. The predicted octanol–water partition coefficient (Wildman–Crippen LogP) is 5.12. The van der Waals surface area contributed by atoms with E-state index in [1.54, 1.807) is 23.1 Å². The largest absolute Gasteiger partial charge is 0.339 e. The number of hydrogen-bond acceptors (Lipinski definition) is 1. The van der Waals surface area contributed by atoms with Gasteiger partial charge in [-0.2, -0.15) is 0 Å². The molecule has 118 valence electrons. The number of halogens is 2. The van der Waals surface area contributed by atoms with Crippen LogP contribution in [0.1, 0.15) is 50.9 Å². The van der Waals surface area contributed by atoms with Crippen LogP contribution in [-0.4, -0.2) is 23.9 Å². The van der Waals surface area contributed by atoms with Crippen molar-refractivity contribution in [2.75, 3.05) is 13.1 Å². The van der Waals surface area contributed by atoms with Crippen molar-refractivity contribution in [3.05, 3.63) is 34.1 Å². The molecule has 1 aromatic carbocycles. The van der Waals surface area contributed by atoms with Gasteiger partial charge < -0.3 is 4.90 Å². The summed E-state index contributed by atoms with van der Waals surface area (Å²) in [7, 11) is 0. The van der Waals surface area contributed by atoms with E-state index in [4.69, 9.17) is 0 Å². The molecule has 4 heteroatoms. The summed E-state index contributed by atoms with van der Waals surface area (Å²) in [6, 6.07) is 4.86. The van der Waals surface area contributed by atoms with Crippen molar-refractivity contribution in [1.82, 2.24) is 4.90 Å². The van der Waals surface area contributed by atoms with Crippen LogP contribution >= 0.6 is 15.9 Å². The van der Waals surface area contributed by atoms with Crippen LogP contribution < -0.4 is 0 Å². The summed E-state index contributed by atoms with van der Waals surface area (Å²) in [5.41, 5.74) is 0.150. The summed E-state index contributed by atoms with van der Waals surface area (Å²) >= 11 is 3.14. The van der Waals surface area contributed by atoms with Crippen LogP contribution in [0.5, 0.6) is 0 Å². The molecule has 0 N–H and O–H groups in total. The Morgan fingerprint density at radius 2 is 1.67 bits per heavy atom. The molecule has 0 aliphatic carbocycles.